The van der Waals surface area contributed by atoms with Crippen molar-refractivity contribution in [1.82, 2.24) is 0 Å². The summed E-state index contributed by atoms with van der Waals surface area (Å²) in [6.07, 6.45) is 7.96. The molecule has 1 aromatic carbocycles. The quantitative estimate of drug-likeness (QED) is 0.611. The Bertz CT molecular complexity index is 336. The van der Waals surface area contributed by atoms with Crippen molar-refractivity contribution in [1.29, 1.82) is 0 Å². The van der Waals surface area contributed by atoms with Gasteiger partial charge in [0.1, 0.15) is 5.75 Å². The Morgan fingerprint density at radius 3 is 2.42 bits per heavy atom. The molecule has 0 heterocycles. The van der Waals surface area contributed by atoms with Crippen LogP contribution < -0.4 is 4.74 Å². The Morgan fingerprint density at radius 2 is 1.68 bits per heavy atom. The fraction of sp³-hybridized carbons (Fsp3) is 0.647. The van der Waals surface area contributed by atoms with Crippen molar-refractivity contribution in [3.05, 3.63) is 29.8 Å². The molecule has 0 aromatic heterocycles. The van der Waals surface area contributed by atoms with Gasteiger partial charge in [-0.3, -0.25) is 0 Å². The molecule has 0 saturated heterocycles. The van der Waals surface area contributed by atoms with Crippen LogP contribution in [0.25, 0.3) is 0 Å². The van der Waals surface area contributed by atoms with Crippen LogP contribution in [-0.2, 0) is 0 Å². The number of ether oxygens (including phenoxy) is 1. The number of unbranched alkanes of at least 4 members (excludes halogenated alkanes) is 5. The number of aliphatic hydroxyl groups excluding tert-OH is 1. The van der Waals surface area contributed by atoms with Gasteiger partial charge in [0.05, 0.1) is 12.7 Å². The first-order valence-electron chi connectivity index (χ1n) is 7.69. The van der Waals surface area contributed by atoms with Gasteiger partial charge in [-0.25, -0.2) is 0 Å². The second kappa shape index (κ2) is 9.85. The predicted octanol–water partition coefficient (Wildman–Crippen LogP) is 4.87. The zero-order valence-electron chi connectivity index (χ0n) is 12.4. The first kappa shape index (κ1) is 16.0. The zero-order valence-corrected chi connectivity index (χ0v) is 12.4. The summed E-state index contributed by atoms with van der Waals surface area (Å²) in [4.78, 5) is 0. The molecule has 0 aliphatic rings. The van der Waals surface area contributed by atoms with Crippen molar-refractivity contribution in [2.24, 2.45) is 0 Å². The summed E-state index contributed by atoms with van der Waals surface area (Å²) < 4.78 is 5.56. The van der Waals surface area contributed by atoms with Crippen LogP contribution in [0.4, 0.5) is 0 Å². The van der Waals surface area contributed by atoms with Gasteiger partial charge in [-0.15, -0.1) is 0 Å². The van der Waals surface area contributed by atoms with Gasteiger partial charge in [0, 0.05) is 5.56 Å². The van der Waals surface area contributed by atoms with Gasteiger partial charge in [-0.1, -0.05) is 63.6 Å². The van der Waals surface area contributed by atoms with E-state index in [1.54, 1.807) is 0 Å². The average molecular weight is 264 g/mol. The third kappa shape index (κ3) is 6.11. The topological polar surface area (TPSA) is 29.5 Å². The number of benzene rings is 1. The number of hydrogen-bond acceptors (Lipinski definition) is 2. The monoisotopic (exact) mass is 264 g/mol. The van der Waals surface area contributed by atoms with Crippen LogP contribution in [0.1, 0.15) is 70.5 Å². The Hall–Kier alpha value is -1.02. The second-order valence-corrected chi connectivity index (χ2v) is 5.04. The SMILES string of the molecule is CCCCCCCCC(O)c1ccccc1OCC. The van der Waals surface area contributed by atoms with Crippen molar-refractivity contribution in [3.63, 3.8) is 0 Å². The maximum absolute atomic E-state index is 10.3. The first-order valence-corrected chi connectivity index (χ1v) is 7.69. The van der Waals surface area contributed by atoms with Crippen LogP contribution in [0.5, 0.6) is 5.75 Å². The van der Waals surface area contributed by atoms with Crippen molar-refractivity contribution in [2.75, 3.05) is 6.61 Å². The highest BCUT2D eigenvalue weighted by molar-refractivity contribution is 5.34. The maximum atomic E-state index is 10.3. The van der Waals surface area contributed by atoms with Crippen LogP contribution in [0, 0.1) is 0 Å². The van der Waals surface area contributed by atoms with Crippen LogP contribution >= 0.6 is 0 Å². The van der Waals surface area contributed by atoms with E-state index in [-0.39, 0.29) is 0 Å². The minimum absolute atomic E-state index is 0.395. The molecule has 0 aliphatic heterocycles. The molecule has 1 rings (SSSR count). The van der Waals surface area contributed by atoms with Gasteiger partial charge in [-0.2, -0.15) is 0 Å². The summed E-state index contributed by atoms with van der Waals surface area (Å²) in [5.74, 6) is 0.823. The molecule has 1 atom stereocenters. The van der Waals surface area contributed by atoms with Crippen LogP contribution in [0.3, 0.4) is 0 Å². The second-order valence-electron chi connectivity index (χ2n) is 5.04. The highest BCUT2D eigenvalue weighted by Crippen LogP contribution is 2.28. The summed E-state index contributed by atoms with van der Waals surface area (Å²) in [5, 5.41) is 10.3. The van der Waals surface area contributed by atoms with E-state index < -0.39 is 6.10 Å². The molecule has 2 heteroatoms. The van der Waals surface area contributed by atoms with Gasteiger partial charge in [0.15, 0.2) is 0 Å². The van der Waals surface area contributed by atoms with Gasteiger partial charge >= 0.3 is 0 Å². The number of hydrogen-bond donors (Lipinski definition) is 1. The van der Waals surface area contributed by atoms with Gasteiger partial charge in [0.25, 0.3) is 0 Å². The van der Waals surface area contributed by atoms with Crippen molar-refractivity contribution < 1.29 is 9.84 Å². The third-order valence-electron chi connectivity index (χ3n) is 3.41. The number of para-hydroxylation sites is 1. The molecule has 0 fully saturated rings. The highest BCUT2D eigenvalue weighted by Gasteiger charge is 2.12. The van der Waals surface area contributed by atoms with Crippen LogP contribution in [0.2, 0.25) is 0 Å². The van der Waals surface area contributed by atoms with E-state index in [9.17, 15) is 5.11 Å². The van der Waals surface area contributed by atoms with E-state index in [4.69, 9.17) is 4.74 Å². The molecule has 1 unspecified atom stereocenters. The predicted molar refractivity (Wildman–Crippen MR) is 80.6 cm³/mol. The van der Waals surface area contributed by atoms with E-state index in [0.29, 0.717) is 6.61 Å². The fourth-order valence-electron chi connectivity index (χ4n) is 2.32. The lowest BCUT2D eigenvalue weighted by molar-refractivity contribution is 0.158. The van der Waals surface area contributed by atoms with E-state index in [1.807, 2.05) is 31.2 Å². The normalized spacial score (nSPS) is 12.4. The van der Waals surface area contributed by atoms with Crippen LogP contribution in [0.15, 0.2) is 24.3 Å². The lowest BCUT2D eigenvalue weighted by Crippen LogP contribution is -2.02. The molecule has 0 saturated carbocycles. The summed E-state index contributed by atoms with van der Waals surface area (Å²) in [7, 11) is 0. The minimum Gasteiger partial charge on any atom is -0.493 e. The molecular formula is C17H28O2. The summed E-state index contributed by atoms with van der Waals surface area (Å²) in [6.45, 7) is 4.84. The molecule has 0 radical (unpaired) electrons. The first-order chi connectivity index (χ1) is 9.29. The molecular weight excluding hydrogens is 236 g/mol. The molecule has 2 nitrogen and oxygen atoms in total. The lowest BCUT2D eigenvalue weighted by Gasteiger charge is -2.15. The average Bonchev–Trinajstić information content (AvgIpc) is 2.43. The standard InChI is InChI=1S/C17H28O2/c1-3-5-6-7-8-9-13-16(18)15-12-10-11-14-17(15)19-4-2/h10-12,14,16,18H,3-9,13H2,1-2H3. The Labute approximate surface area is 117 Å². The van der Waals surface area contributed by atoms with E-state index >= 15 is 0 Å². The van der Waals surface area contributed by atoms with E-state index in [2.05, 4.69) is 6.92 Å². The Kier molecular flexibility index (Phi) is 8.31. The summed E-state index contributed by atoms with van der Waals surface area (Å²) >= 11 is 0. The lowest BCUT2D eigenvalue weighted by atomic mass is 10.0. The molecule has 0 spiro atoms. The summed E-state index contributed by atoms with van der Waals surface area (Å²) in [6, 6.07) is 7.81. The van der Waals surface area contributed by atoms with Crippen molar-refractivity contribution in [3.8, 4) is 5.75 Å². The highest BCUT2D eigenvalue weighted by atomic mass is 16.5. The largest absolute Gasteiger partial charge is 0.493 e. The van der Waals surface area contributed by atoms with E-state index in [0.717, 1.165) is 24.2 Å². The summed E-state index contributed by atoms with van der Waals surface area (Å²) in [5.41, 5.74) is 0.929. The number of rotatable bonds is 10. The van der Waals surface area contributed by atoms with Gasteiger partial charge in [-0.05, 0) is 19.4 Å². The molecule has 0 amide bonds. The molecule has 1 N–H and O–H groups in total. The Morgan fingerprint density at radius 1 is 1.00 bits per heavy atom. The number of aliphatic hydroxyl groups is 1. The zero-order chi connectivity index (χ0) is 13.9. The molecule has 0 bridgehead atoms. The molecule has 108 valence electrons. The fourth-order valence-corrected chi connectivity index (χ4v) is 2.32. The smallest absolute Gasteiger partial charge is 0.125 e. The van der Waals surface area contributed by atoms with Gasteiger partial charge < -0.3 is 9.84 Å². The third-order valence-corrected chi connectivity index (χ3v) is 3.41. The minimum atomic E-state index is -0.395. The molecule has 1 aromatic rings. The Balaban J connectivity index is 2.34. The van der Waals surface area contributed by atoms with Crippen molar-refractivity contribution in [2.45, 2.75) is 64.9 Å². The van der Waals surface area contributed by atoms with Crippen LogP contribution in [-0.4, -0.2) is 11.7 Å². The van der Waals surface area contributed by atoms with Gasteiger partial charge in [0.2, 0.25) is 0 Å². The molecule has 19 heavy (non-hydrogen) atoms. The van der Waals surface area contributed by atoms with Crippen molar-refractivity contribution >= 4 is 0 Å². The molecule has 0 aliphatic carbocycles. The van der Waals surface area contributed by atoms with E-state index in [1.165, 1.54) is 32.1 Å². The maximum Gasteiger partial charge on any atom is 0.125 e.